The molecule has 3 nitrogen and oxygen atoms in total. The van der Waals surface area contributed by atoms with Gasteiger partial charge < -0.3 is 9.15 Å². The summed E-state index contributed by atoms with van der Waals surface area (Å²) in [6, 6.07) is 3.42. The Bertz CT molecular complexity index is 278. The molecule has 1 rings (SSSR count). The van der Waals surface area contributed by atoms with Crippen molar-refractivity contribution >= 4 is 6.29 Å². The maximum atomic E-state index is 10.3. The smallest absolute Gasteiger partial charge is 0.185 e. The van der Waals surface area contributed by atoms with Crippen LogP contribution in [0.5, 0.6) is 0 Å². The molecule has 78 valence electrons. The van der Waals surface area contributed by atoms with E-state index in [1.165, 1.54) is 0 Å². The molecule has 0 N–H and O–H groups in total. The average molecular weight is 196 g/mol. The van der Waals surface area contributed by atoms with Crippen LogP contribution in [0.3, 0.4) is 0 Å². The normalized spacial score (nSPS) is 12.7. The van der Waals surface area contributed by atoms with E-state index in [9.17, 15) is 4.79 Å². The molecule has 0 radical (unpaired) electrons. The summed E-state index contributed by atoms with van der Waals surface area (Å²) in [4.78, 5) is 10.3. The summed E-state index contributed by atoms with van der Waals surface area (Å²) < 4.78 is 10.7. The molecule has 0 aromatic carbocycles. The third-order valence-corrected chi connectivity index (χ3v) is 2.00. The van der Waals surface area contributed by atoms with Crippen LogP contribution in [0.25, 0.3) is 0 Å². The van der Waals surface area contributed by atoms with Crippen LogP contribution < -0.4 is 0 Å². The Morgan fingerprint density at radius 3 is 2.93 bits per heavy atom. The molecular weight excluding hydrogens is 180 g/mol. The molecule has 0 fully saturated rings. The van der Waals surface area contributed by atoms with Gasteiger partial charge in [-0.25, -0.2) is 0 Å². The third-order valence-electron chi connectivity index (χ3n) is 2.00. The Balaban J connectivity index is 2.33. The Morgan fingerprint density at radius 1 is 1.57 bits per heavy atom. The van der Waals surface area contributed by atoms with Crippen molar-refractivity contribution in [3.63, 3.8) is 0 Å². The lowest BCUT2D eigenvalue weighted by atomic mass is 10.2. The fourth-order valence-corrected chi connectivity index (χ4v) is 1.25. The summed E-state index contributed by atoms with van der Waals surface area (Å²) in [5.74, 6) is 1.06. The van der Waals surface area contributed by atoms with E-state index in [0.29, 0.717) is 24.4 Å². The molecule has 1 atom stereocenters. The number of rotatable bonds is 6. The van der Waals surface area contributed by atoms with Crippen LogP contribution in [0.1, 0.15) is 43.0 Å². The fraction of sp³-hybridized carbons (Fsp3) is 0.545. The molecule has 0 saturated heterocycles. The van der Waals surface area contributed by atoms with Crippen molar-refractivity contribution in [3.05, 3.63) is 23.7 Å². The van der Waals surface area contributed by atoms with E-state index in [4.69, 9.17) is 9.15 Å². The van der Waals surface area contributed by atoms with Gasteiger partial charge in [-0.3, -0.25) is 4.79 Å². The number of furan rings is 1. The maximum Gasteiger partial charge on any atom is 0.185 e. The quantitative estimate of drug-likeness (QED) is 0.657. The van der Waals surface area contributed by atoms with Crippen molar-refractivity contribution in [2.24, 2.45) is 0 Å². The summed E-state index contributed by atoms with van der Waals surface area (Å²) in [7, 11) is 0. The Hall–Kier alpha value is -1.09. The lowest BCUT2D eigenvalue weighted by Crippen LogP contribution is -2.06. The first kappa shape index (κ1) is 11.0. The van der Waals surface area contributed by atoms with Crippen molar-refractivity contribution in [3.8, 4) is 0 Å². The van der Waals surface area contributed by atoms with Gasteiger partial charge >= 0.3 is 0 Å². The van der Waals surface area contributed by atoms with Crippen LogP contribution >= 0.6 is 0 Å². The van der Waals surface area contributed by atoms with Gasteiger partial charge in [-0.15, -0.1) is 0 Å². The van der Waals surface area contributed by atoms with Crippen LogP contribution in [0.4, 0.5) is 0 Å². The number of carbonyl (C=O) groups excluding carboxylic acids is 1. The third kappa shape index (κ3) is 3.34. The summed E-state index contributed by atoms with van der Waals surface area (Å²) in [5.41, 5.74) is 0. The second-order valence-corrected chi connectivity index (χ2v) is 3.33. The standard InChI is InChI=1S/C11H16O3/c1-3-4-9(2)13-8-11-6-5-10(7-12)14-11/h5-7,9H,3-4,8H2,1-2H3. The molecule has 1 heterocycles. The number of hydrogen-bond donors (Lipinski definition) is 0. The number of ether oxygens (including phenoxy) is 1. The Morgan fingerprint density at radius 2 is 2.36 bits per heavy atom. The lowest BCUT2D eigenvalue weighted by molar-refractivity contribution is 0.0368. The van der Waals surface area contributed by atoms with Crippen LogP contribution in [0, 0.1) is 0 Å². The highest BCUT2D eigenvalue weighted by Crippen LogP contribution is 2.10. The first-order chi connectivity index (χ1) is 6.76. The fourth-order valence-electron chi connectivity index (χ4n) is 1.25. The van der Waals surface area contributed by atoms with Gasteiger partial charge in [-0.2, -0.15) is 0 Å². The van der Waals surface area contributed by atoms with Gasteiger partial charge in [0.25, 0.3) is 0 Å². The van der Waals surface area contributed by atoms with Gasteiger partial charge in [0.15, 0.2) is 12.0 Å². The van der Waals surface area contributed by atoms with E-state index in [2.05, 4.69) is 6.92 Å². The number of aldehydes is 1. The van der Waals surface area contributed by atoms with Crippen LogP contribution in [0.2, 0.25) is 0 Å². The monoisotopic (exact) mass is 196 g/mol. The molecular formula is C11H16O3. The van der Waals surface area contributed by atoms with Gasteiger partial charge in [0.1, 0.15) is 12.4 Å². The minimum atomic E-state index is 0.241. The molecule has 1 aromatic heterocycles. The van der Waals surface area contributed by atoms with E-state index >= 15 is 0 Å². The van der Waals surface area contributed by atoms with Crippen LogP contribution in [-0.4, -0.2) is 12.4 Å². The minimum absolute atomic E-state index is 0.241. The Kier molecular flexibility index (Phi) is 4.40. The first-order valence-corrected chi connectivity index (χ1v) is 4.91. The second-order valence-electron chi connectivity index (χ2n) is 3.33. The highest BCUT2D eigenvalue weighted by atomic mass is 16.5. The van der Waals surface area contributed by atoms with Crippen LogP contribution in [0.15, 0.2) is 16.5 Å². The van der Waals surface area contributed by atoms with Gasteiger partial charge in [0, 0.05) is 0 Å². The Labute approximate surface area is 84.1 Å². The molecule has 0 bridgehead atoms. The highest BCUT2D eigenvalue weighted by molar-refractivity contribution is 5.70. The number of hydrogen-bond acceptors (Lipinski definition) is 3. The van der Waals surface area contributed by atoms with Gasteiger partial charge in [-0.05, 0) is 25.5 Å². The van der Waals surface area contributed by atoms with Crippen LogP contribution in [-0.2, 0) is 11.3 Å². The first-order valence-electron chi connectivity index (χ1n) is 4.91. The zero-order valence-corrected chi connectivity index (χ0v) is 8.66. The predicted molar refractivity (Wildman–Crippen MR) is 53.3 cm³/mol. The summed E-state index contributed by atoms with van der Waals surface area (Å²) in [5, 5.41) is 0. The zero-order chi connectivity index (χ0) is 10.4. The highest BCUT2D eigenvalue weighted by Gasteiger charge is 2.04. The summed E-state index contributed by atoms with van der Waals surface area (Å²) in [6.07, 6.45) is 3.09. The molecule has 0 saturated carbocycles. The van der Waals surface area contributed by atoms with Gasteiger partial charge in [0.2, 0.25) is 0 Å². The molecule has 0 aliphatic heterocycles. The van der Waals surface area contributed by atoms with Crippen molar-refractivity contribution in [1.29, 1.82) is 0 Å². The topological polar surface area (TPSA) is 39.4 Å². The summed E-state index contributed by atoms with van der Waals surface area (Å²) >= 11 is 0. The van der Waals surface area contributed by atoms with E-state index in [0.717, 1.165) is 12.8 Å². The zero-order valence-electron chi connectivity index (χ0n) is 8.66. The second kappa shape index (κ2) is 5.60. The van der Waals surface area contributed by atoms with Gasteiger partial charge in [0.05, 0.1) is 6.10 Å². The van der Waals surface area contributed by atoms with Gasteiger partial charge in [-0.1, -0.05) is 13.3 Å². The molecule has 1 aromatic rings. The predicted octanol–water partition coefficient (Wildman–Crippen LogP) is 2.80. The minimum Gasteiger partial charge on any atom is -0.456 e. The molecule has 0 amide bonds. The number of carbonyl (C=O) groups is 1. The van der Waals surface area contributed by atoms with E-state index in [1.54, 1.807) is 12.1 Å². The van der Waals surface area contributed by atoms with E-state index in [1.807, 2.05) is 6.92 Å². The van der Waals surface area contributed by atoms with Crippen molar-refractivity contribution in [2.45, 2.75) is 39.4 Å². The summed E-state index contributed by atoms with van der Waals surface area (Å²) in [6.45, 7) is 4.60. The van der Waals surface area contributed by atoms with Crippen molar-refractivity contribution in [1.82, 2.24) is 0 Å². The van der Waals surface area contributed by atoms with Crippen molar-refractivity contribution < 1.29 is 13.9 Å². The molecule has 14 heavy (non-hydrogen) atoms. The lowest BCUT2D eigenvalue weighted by Gasteiger charge is -2.09. The van der Waals surface area contributed by atoms with E-state index in [-0.39, 0.29) is 6.10 Å². The molecule has 3 heteroatoms. The average Bonchev–Trinajstić information content (AvgIpc) is 2.63. The SMILES string of the molecule is CCCC(C)OCc1ccc(C=O)o1. The maximum absolute atomic E-state index is 10.3. The molecule has 1 unspecified atom stereocenters. The molecule has 0 spiro atoms. The van der Waals surface area contributed by atoms with E-state index < -0.39 is 0 Å². The molecule has 0 aliphatic rings. The molecule has 0 aliphatic carbocycles. The van der Waals surface area contributed by atoms with Crippen molar-refractivity contribution in [2.75, 3.05) is 0 Å². The largest absolute Gasteiger partial charge is 0.456 e.